The number of hydrogen-bond acceptors (Lipinski definition) is 6. The number of aromatic nitrogens is 1. The molecule has 2 aromatic carbocycles. The molecule has 7 heteroatoms. The standard InChI is InChI=1S/C22H23ClN2O3S/c1-13(26)18(20(27)28-22(2,3)4)19(14-8-6-5-7-9-14)25-21-24-16-11-10-15(23)12-17(16)29-21/h5-12,18-19H,1-4H3,(H,24,25). The van der Waals surface area contributed by atoms with Crippen molar-refractivity contribution in [1.82, 2.24) is 4.98 Å². The molecule has 0 saturated carbocycles. The summed E-state index contributed by atoms with van der Waals surface area (Å²) in [6, 6.07) is 14.2. The number of halogens is 1. The van der Waals surface area contributed by atoms with Gasteiger partial charge in [0, 0.05) is 5.02 Å². The van der Waals surface area contributed by atoms with Crippen LogP contribution < -0.4 is 5.32 Å². The molecule has 5 nitrogen and oxygen atoms in total. The monoisotopic (exact) mass is 430 g/mol. The number of carbonyl (C=O) groups is 2. The van der Waals surface area contributed by atoms with Crippen LogP contribution in [0.4, 0.5) is 5.13 Å². The molecule has 0 bridgehead atoms. The molecule has 29 heavy (non-hydrogen) atoms. The molecule has 1 aromatic heterocycles. The maximum absolute atomic E-state index is 12.9. The topological polar surface area (TPSA) is 68.3 Å². The van der Waals surface area contributed by atoms with E-state index >= 15 is 0 Å². The molecule has 2 unspecified atom stereocenters. The lowest BCUT2D eigenvalue weighted by molar-refractivity contribution is -0.162. The number of anilines is 1. The fraction of sp³-hybridized carbons (Fsp3) is 0.318. The van der Waals surface area contributed by atoms with Crippen molar-refractivity contribution >= 4 is 50.0 Å². The summed E-state index contributed by atoms with van der Waals surface area (Å²) in [6.45, 7) is 6.75. The first-order valence-corrected chi connectivity index (χ1v) is 10.4. The normalized spacial score (nSPS) is 13.7. The van der Waals surface area contributed by atoms with Crippen molar-refractivity contribution in [3.8, 4) is 0 Å². The zero-order valence-corrected chi connectivity index (χ0v) is 18.3. The fourth-order valence-corrected chi connectivity index (χ4v) is 4.19. The number of esters is 1. The van der Waals surface area contributed by atoms with Crippen LogP contribution in [0.3, 0.4) is 0 Å². The first-order chi connectivity index (χ1) is 13.6. The summed E-state index contributed by atoms with van der Waals surface area (Å²) in [5.74, 6) is -1.84. The van der Waals surface area contributed by atoms with Crippen LogP contribution in [0.5, 0.6) is 0 Å². The van der Waals surface area contributed by atoms with Gasteiger partial charge in [0.25, 0.3) is 0 Å². The van der Waals surface area contributed by atoms with Gasteiger partial charge in [-0.25, -0.2) is 4.98 Å². The minimum absolute atomic E-state index is 0.273. The van der Waals surface area contributed by atoms with Gasteiger partial charge in [-0.1, -0.05) is 53.3 Å². The summed E-state index contributed by atoms with van der Waals surface area (Å²) < 4.78 is 6.46. The number of ether oxygens (including phenoxy) is 1. The quantitative estimate of drug-likeness (QED) is 0.404. The van der Waals surface area contributed by atoms with E-state index in [4.69, 9.17) is 16.3 Å². The summed E-state index contributed by atoms with van der Waals surface area (Å²) in [5, 5.41) is 4.53. The van der Waals surface area contributed by atoms with Crippen LogP contribution in [-0.4, -0.2) is 22.3 Å². The first-order valence-electron chi connectivity index (χ1n) is 9.25. The molecule has 0 aliphatic carbocycles. The molecule has 2 atom stereocenters. The third kappa shape index (κ3) is 5.34. The molecule has 1 N–H and O–H groups in total. The average molecular weight is 431 g/mol. The number of fused-ring (bicyclic) bond motifs is 1. The number of carbonyl (C=O) groups excluding carboxylic acids is 2. The highest BCUT2D eigenvalue weighted by Crippen LogP contribution is 2.34. The number of nitrogens with one attached hydrogen (secondary N) is 1. The Morgan fingerprint density at radius 3 is 2.45 bits per heavy atom. The Bertz CT molecular complexity index is 1030. The molecule has 152 valence electrons. The van der Waals surface area contributed by atoms with Gasteiger partial charge >= 0.3 is 5.97 Å². The zero-order chi connectivity index (χ0) is 21.2. The Morgan fingerprint density at radius 2 is 1.83 bits per heavy atom. The Kier molecular flexibility index (Phi) is 6.24. The van der Waals surface area contributed by atoms with Gasteiger partial charge in [-0.3, -0.25) is 9.59 Å². The molecule has 0 spiro atoms. The van der Waals surface area contributed by atoms with Crippen molar-refractivity contribution in [2.45, 2.75) is 39.3 Å². The second kappa shape index (κ2) is 8.51. The van der Waals surface area contributed by atoms with Crippen LogP contribution in [0, 0.1) is 5.92 Å². The van der Waals surface area contributed by atoms with E-state index in [1.807, 2.05) is 42.5 Å². The van der Waals surface area contributed by atoms with Crippen molar-refractivity contribution in [3.63, 3.8) is 0 Å². The van der Waals surface area contributed by atoms with E-state index in [1.165, 1.54) is 18.3 Å². The Balaban J connectivity index is 2.00. The van der Waals surface area contributed by atoms with Gasteiger partial charge in [0.15, 0.2) is 5.13 Å². The fourth-order valence-electron chi connectivity index (χ4n) is 3.01. The number of hydrogen-bond donors (Lipinski definition) is 1. The summed E-state index contributed by atoms with van der Waals surface area (Å²) in [4.78, 5) is 30.0. The lowest BCUT2D eigenvalue weighted by Gasteiger charge is -2.28. The van der Waals surface area contributed by atoms with E-state index in [1.54, 1.807) is 26.8 Å². The van der Waals surface area contributed by atoms with Crippen molar-refractivity contribution in [1.29, 1.82) is 0 Å². The Labute approximate surface area is 179 Å². The van der Waals surface area contributed by atoms with Gasteiger partial charge in [0.2, 0.25) is 0 Å². The smallest absolute Gasteiger partial charge is 0.319 e. The van der Waals surface area contributed by atoms with Gasteiger partial charge in [-0.15, -0.1) is 0 Å². The maximum atomic E-state index is 12.9. The number of Topliss-reactive ketones (excluding diaryl/α,β-unsaturated/α-hetero) is 1. The zero-order valence-electron chi connectivity index (χ0n) is 16.7. The summed E-state index contributed by atoms with van der Waals surface area (Å²) >= 11 is 7.50. The molecule has 0 fully saturated rings. The van der Waals surface area contributed by atoms with Crippen molar-refractivity contribution in [3.05, 3.63) is 59.1 Å². The van der Waals surface area contributed by atoms with Crippen molar-refractivity contribution < 1.29 is 14.3 Å². The highest BCUT2D eigenvalue weighted by molar-refractivity contribution is 7.22. The second-order valence-electron chi connectivity index (χ2n) is 7.79. The van der Waals surface area contributed by atoms with Gasteiger partial charge in [0.1, 0.15) is 17.3 Å². The number of ketones is 1. The van der Waals surface area contributed by atoms with Crippen LogP contribution >= 0.6 is 22.9 Å². The summed E-state index contributed by atoms with van der Waals surface area (Å²) in [6.07, 6.45) is 0. The van der Waals surface area contributed by atoms with Crippen LogP contribution in [-0.2, 0) is 14.3 Å². The van der Waals surface area contributed by atoms with E-state index in [-0.39, 0.29) is 5.78 Å². The highest BCUT2D eigenvalue weighted by atomic mass is 35.5. The van der Waals surface area contributed by atoms with Crippen molar-refractivity contribution in [2.24, 2.45) is 5.92 Å². The molecule has 0 radical (unpaired) electrons. The van der Waals surface area contributed by atoms with Gasteiger partial charge in [-0.2, -0.15) is 0 Å². The average Bonchev–Trinajstić information content (AvgIpc) is 3.01. The predicted molar refractivity (Wildman–Crippen MR) is 117 cm³/mol. The number of rotatable bonds is 6. The molecular formula is C22H23ClN2O3S. The lowest BCUT2D eigenvalue weighted by atomic mass is 9.90. The second-order valence-corrected chi connectivity index (χ2v) is 9.25. The van der Waals surface area contributed by atoms with Gasteiger partial charge in [0.05, 0.1) is 16.3 Å². The van der Waals surface area contributed by atoms with Gasteiger partial charge in [-0.05, 0) is 51.5 Å². The molecule has 0 amide bonds. The third-order valence-corrected chi connectivity index (χ3v) is 5.40. The van der Waals surface area contributed by atoms with Crippen LogP contribution in [0.1, 0.15) is 39.3 Å². The minimum atomic E-state index is -1.01. The number of thiazole rings is 1. The SMILES string of the molecule is CC(=O)C(C(=O)OC(C)(C)C)C(Nc1nc2ccc(Cl)cc2s1)c1ccccc1. The molecular weight excluding hydrogens is 408 g/mol. The molecule has 3 rings (SSSR count). The van der Waals surface area contributed by atoms with E-state index in [2.05, 4.69) is 10.3 Å². The Morgan fingerprint density at radius 1 is 1.14 bits per heavy atom. The van der Waals surface area contributed by atoms with E-state index < -0.39 is 23.5 Å². The molecule has 3 aromatic rings. The first kappa shape index (κ1) is 21.3. The van der Waals surface area contributed by atoms with Crippen LogP contribution in [0.15, 0.2) is 48.5 Å². The molecule has 1 heterocycles. The maximum Gasteiger partial charge on any atom is 0.319 e. The van der Waals surface area contributed by atoms with Crippen molar-refractivity contribution in [2.75, 3.05) is 5.32 Å². The molecule has 0 saturated heterocycles. The van der Waals surface area contributed by atoms with Crippen LogP contribution in [0.2, 0.25) is 5.02 Å². The van der Waals surface area contributed by atoms with E-state index in [0.717, 1.165) is 15.8 Å². The minimum Gasteiger partial charge on any atom is -0.459 e. The van der Waals surface area contributed by atoms with Gasteiger partial charge < -0.3 is 10.1 Å². The van der Waals surface area contributed by atoms with E-state index in [9.17, 15) is 9.59 Å². The summed E-state index contributed by atoms with van der Waals surface area (Å²) in [7, 11) is 0. The number of benzene rings is 2. The number of nitrogens with zero attached hydrogens (tertiary/aromatic N) is 1. The van der Waals surface area contributed by atoms with Crippen LogP contribution in [0.25, 0.3) is 10.2 Å². The predicted octanol–water partition coefficient (Wildman–Crippen LogP) is 5.65. The largest absolute Gasteiger partial charge is 0.459 e. The van der Waals surface area contributed by atoms with E-state index in [0.29, 0.717) is 10.2 Å². The molecule has 0 aliphatic heterocycles. The molecule has 0 aliphatic rings. The Hall–Kier alpha value is -2.44. The highest BCUT2D eigenvalue weighted by Gasteiger charge is 2.37. The third-order valence-electron chi connectivity index (χ3n) is 4.22. The summed E-state index contributed by atoms with van der Waals surface area (Å²) in [5.41, 5.74) is 0.903. The lowest BCUT2D eigenvalue weighted by Crippen LogP contribution is -2.38.